The van der Waals surface area contributed by atoms with E-state index in [1.54, 1.807) is 0 Å². The molecule has 0 saturated heterocycles. The van der Waals surface area contributed by atoms with Gasteiger partial charge in [0.2, 0.25) is 0 Å². The predicted octanol–water partition coefficient (Wildman–Crippen LogP) is 5.35. The smallest absolute Gasteiger partial charge is 0.0548 e. The first-order chi connectivity index (χ1) is 9.84. The summed E-state index contributed by atoms with van der Waals surface area (Å²) in [4.78, 5) is 0. The van der Waals surface area contributed by atoms with Crippen LogP contribution >= 0.6 is 15.9 Å². The number of benzene rings is 2. The molecule has 0 N–H and O–H groups in total. The quantitative estimate of drug-likeness (QED) is 0.568. The van der Waals surface area contributed by atoms with Crippen molar-refractivity contribution in [1.82, 2.24) is 4.57 Å². The zero-order valence-corrected chi connectivity index (χ0v) is 12.6. The molecule has 1 aliphatic rings. The van der Waals surface area contributed by atoms with Crippen LogP contribution < -0.4 is 0 Å². The van der Waals surface area contributed by atoms with Gasteiger partial charge in [-0.3, -0.25) is 0 Å². The molecule has 0 atom stereocenters. The molecule has 3 aromatic rings. The highest BCUT2D eigenvalue weighted by molar-refractivity contribution is 9.10. The maximum atomic E-state index is 3.60. The molecular weight excluding hydrogens is 310 g/mol. The van der Waals surface area contributed by atoms with E-state index in [1.165, 1.54) is 27.8 Å². The second-order valence-electron chi connectivity index (χ2n) is 5.14. The first kappa shape index (κ1) is 12.0. The first-order valence-corrected chi connectivity index (χ1v) is 7.69. The number of rotatable bonds is 1. The molecule has 0 saturated carbocycles. The van der Waals surface area contributed by atoms with Crippen LogP contribution in [0.1, 0.15) is 17.7 Å². The van der Waals surface area contributed by atoms with Crippen LogP contribution in [0.2, 0.25) is 0 Å². The summed E-state index contributed by atoms with van der Waals surface area (Å²) in [6, 6.07) is 17.2. The molecule has 0 bridgehead atoms. The summed E-state index contributed by atoms with van der Waals surface area (Å²) >= 11 is 3.60. The number of para-hydroxylation sites is 1. The number of aryl methyl sites for hydroxylation is 1. The Bertz CT molecular complexity index is 812. The lowest BCUT2D eigenvalue weighted by Gasteiger charge is -2.11. The molecule has 1 aliphatic carbocycles. The van der Waals surface area contributed by atoms with Gasteiger partial charge in [0.05, 0.1) is 5.52 Å². The van der Waals surface area contributed by atoms with Gasteiger partial charge >= 0.3 is 0 Å². The Morgan fingerprint density at radius 3 is 2.70 bits per heavy atom. The third-order valence-electron chi connectivity index (χ3n) is 3.93. The zero-order chi connectivity index (χ0) is 13.5. The molecule has 0 spiro atoms. The Hall–Kier alpha value is -1.80. The Labute approximate surface area is 126 Å². The van der Waals surface area contributed by atoms with Crippen molar-refractivity contribution in [3.8, 4) is 5.69 Å². The van der Waals surface area contributed by atoms with E-state index < -0.39 is 0 Å². The first-order valence-electron chi connectivity index (χ1n) is 6.89. The largest absolute Gasteiger partial charge is 0.310 e. The van der Waals surface area contributed by atoms with Gasteiger partial charge in [0.15, 0.2) is 0 Å². The van der Waals surface area contributed by atoms with Crippen LogP contribution in [0.15, 0.2) is 59.1 Å². The van der Waals surface area contributed by atoms with Crippen molar-refractivity contribution in [2.75, 3.05) is 0 Å². The highest BCUT2D eigenvalue weighted by Crippen LogP contribution is 2.35. The fourth-order valence-corrected chi connectivity index (χ4v) is 3.41. The number of nitrogens with zero attached hydrogens (tertiary/aromatic N) is 1. The highest BCUT2D eigenvalue weighted by Gasteiger charge is 2.18. The van der Waals surface area contributed by atoms with Crippen molar-refractivity contribution < 1.29 is 0 Å². The van der Waals surface area contributed by atoms with E-state index in [4.69, 9.17) is 0 Å². The Morgan fingerprint density at radius 2 is 1.85 bits per heavy atom. The highest BCUT2D eigenvalue weighted by atomic mass is 79.9. The summed E-state index contributed by atoms with van der Waals surface area (Å²) in [5.41, 5.74) is 5.31. The molecule has 2 heteroatoms. The minimum Gasteiger partial charge on any atom is -0.310 e. The summed E-state index contributed by atoms with van der Waals surface area (Å²) in [7, 11) is 0. The Kier molecular flexibility index (Phi) is 2.78. The summed E-state index contributed by atoms with van der Waals surface area (Å²) in [6.45, 7) is 0. The number of aromatic nitrogens is 1. The fraction of sp³-hybridized carbons (Fsp3) is 0.111. The molecule has 0 unspecified atom stereocenters. The maximum Gasteiger partial charge on any atom is 0.0548 e. The lowest BCUT2D eigenvalue weighted by Crippen LogP contribution is -1.99. The van der Waals surface area contributed by atoms with Gasteiger partial charge in [-0.25, -0.2) is 0 Å². The van der Waals surface area contributed by atoms with Crippen molar-refractivity contribution >= 4 is 32.9 Å². The number of fused-ring (bicyclic) bond motifs is 3. The molecule has 4 rings (SSSR count). The molecule has 1 aromatic heterocycles. The number of hydrogen-bond donors (Lipinski definition) is 0. The van der Waals surface area contributed by atoms with E-state index in [0.717, 1.165) is 17.3 Å². The van der Waals surface area contributed by atoms with E-state index in [0.29, 0.717) is 0 Å². The monoisotopic (exact) mass is 323 g/mol. The molecule has 0 radical (unpaired) electrons. The van der Waals surface area contributed by atoms with Crippen molar-refractivity contribution in [2.24, 2.45) is 0 Å². The second-order valence-corrected chi connectivity index (χ2v) is 6.05. The van der Waals surface area contributed by atoms with Crippen LogP contribution in [0.4, 0.5) is 0 Å². The summed E-state index contributed by atoms with van der Waals surface area (Å²) in [6.07, 6.45) is 6.80. The van der Waals surface area contributed by atoms with Gasteiger partial charge in [-0.1, -0.05) is 46.3 Å². The Balaban J connectivity index is 2.14. The third kappa shape index (κ3) is 1.75. The van der Waals surface area contributed by atoms with E-state index in [1.807, 2.05) is 0 Å². The molecule has 2 aromatic carbocycles. The molecule has 0 amide bonds. The number of allylic oxidation sites excluding steroid dienone is 1. The van der Waals surface area contributed by atoms with E-state index in [9.17, 15) is 0 Å². The third-order valence-corrected chi connectivity index (χ3v) is 4.42. The molecule has 0 aliphatic heterocycles. The van der Waals surface area contributed by atoms with Gasteiger partial charge in [0, 0.05) is 21.2 Å². The number of halogens is 1. The van der Waals surface area contributed by atoms with Crippen LogP contribution in [-0.4, -0.2) is 4.57 Å². The molecule has 1 heterocycles. The summed E-state index contributed by atoms with van der Waals surface area (Å²) in [5, 5.41) is 1.37. The molecule has 20 heavy (non-hydrogen) atoms. The molecular formula is C18H14BrN. The second kappa shape index (κ2) is 4.64. The fourth-order valence-electron chi connectivity index (χ4n) is 3.06. The lowest BCUT2D eigenvalue weighted by molar-refractivity contribution is 0.967. The van der Waals surface area contributed by atoms with E-state index in [2.05, 4.69) is 81.2 Å². The van der Waals surface area contributed by atoms with Gasteiger partial charge in [-0.2, -0.15) is 0 Å². The average Bonchev–Trinajstić information content (AvgIpc) is 2.81. The minimum atomic E-state index is 1.13. The topological polar surface area (TPSA) is 4.93 Å². The van der Waals surface area contributed by atoms with Gasteiger partial charge in [0.1, 0.15) is 0 Å². The van der Waals surface area contributed by atoms with Gasteiger partial charge < -0.3 is 4.57 Å². The van der Waals surface area contributed by atoms with Crippen LogP contribution in [0.5, 0.6) is 0 Å². The molecule has 98 valence electrons. The Morgan fingerprint density at radius 1 is 1.00 bits per heavy atom. The SMILES string of the molecule is Brc1ccc2c3c(n(-c4ccccc4)c2c1)C=CCC3. The molecule has 0 fully saturated rings. The van der Waals surface area contributed by atoms with Crippen molar-refractivity contribution in [3.05, 3.63) is 70.3 Å². The zero-order valence-electron chi connectivity index (χ0n) is 11.0. The normalized spacial score (nSPS) is 13.7. The van der Waals surface area contributed by atoms with Gasteiger partial charge in [-0.15, -0.1) is 0 Å². The van der Waals surface area contributed by atoms with Crippen LogP contribution in [0, 0.1) is 0 Å². The van der Waals surface area contributed by atoms with Crippen LogP contribution in [0.25, 0.3) is 22.7 Å². The van der Waals surface area contributed by atoms with Crippen molar-refractivity contribution in [3.63, 3.8) is 0 Å². The van der Waals surface area contributed by atoms with Crippen LogP contribution in [0.3, 0.4) is 0 Å². The number of hydrogen-bond acceptors (Lipinski definition) is 0. The van der Waals surface area contributed by atoms with E-state index >= 15 is 0 Å². The standard InChI is InChI=1S/C18H14BrN/c19-13-10-11-16-15-8-4-5-9-17(15)20(18(16)12-13)14-6-2-1-3-7-14/h1-3,5-7,9-12H,4,8H2. The van der Waals surface area contributed by atoms with E-state index in [-0.39, 0.29) is 0 Å². The lowest BCUT2D eigenvalue weighted by atomic mass is 10.0. The average molecular weight is 324 g/mol. The summed E-state index contributed by atoms with van der Waals surface area (Å²) in [5.74, 6) is 0. The maximum absolute atomic E-state index is 3.60. The van der Waals surface area contributed by atoms with Crippen molar-refractivity contribution in [2.45, 2.75) is 12.8 Å². The van der Waals surface area contributed by atoms with Crippen LogP contribution in [-0.2, 0) is 6.42 Å². The van der Waals surface area contributed by atoms with Gasteiger partial charge in [0.25, 0.3) is 0 Å². The van der Waals surface area contributed by atoms with Gasteiger partial charge in [-0.05, 0) is 48.7 Å². The molecule has 1 nitrogen and oxygen atoms in total. The minimum absolute atomic E-state index is 1.13. The summed E-state index contributed by atoms with van der Waals surface area (Å²) < 4.78 is 3.49. The van der Waals surface area contributed by atoms with Crippen molar-refractivity contribution in [1.29, 1.82) is 0 Å². The predicted molar refractivity (Wildman–Crippen MR) is 88.3 cm³/mol.